The Balaban J connectivity index is 6.65. The number of hydrogen-bond donors (Lipinski definition) is 0. The van der Waals surface area contributed by atoms with Crippen LogP contribution in [0.4, 0.5) is 74.6 Å². The molecule has 0 amide bonds. The Morgan fingerprint density at radius 2 is 0.630 bits per heavy atom. The average molecular weight is 469 g/mol. The first kappa shape index (κ1) is 26.1. The van der Waals surface area contributed by atoms with Crippen molar-refractivity contribution in [1.82, 2.24) is 0 Å². The Bertz CT molecular complexity index is 543. The molecule has 0 heterocycles. The summed E-state index contributed by atoms with van der Waals surface area (Å²) in [5.74, 6) is -56.2. The molecule has 0 aromatic carbocycles. The molecule has 0 spiro atoms. The highest BCUT2D eigenvalue weighted by Crippen LogP contribution is 2.64. The molecule has 0 aliphatic heterocycles. The van der Waals surface area contributed by atoms with Crippen molar-refractivity contribution in [1.29, 1.82) is 0 Å². The van der Waals surface area contributed by atoms with Crippen LogP contribution in [0.2, 0.25) is 0 Å². The molecule has 0 aromatic heterocycles. The van der Waals surface area contributed by atoms with Crippen LogP contribution in [-0.4, -0.2) is 53.5 Å². The number of rotatable bonds is 8. The fourth-order valence-corrected chi connectivity index (χ4v) is 1.40. The minimum Gasteiger partial charge on any atom is -0.244 e. The maximum absolute atomic E-state index is 13.0. The maximum atomic E-state index is 13.0. The van der Waals surface area contributed by atoms with Crippen molar-refractivity contribution in [2.24, 2.45) is 0 Å². The van der Waals surface area contributed by atoms with Gasteiger partial charge in [-0.1, -0.05) is 0 Å². The molecule has 0 aromatic rings. The van der Waals surface area contributed by atoms with Crippen LogP contribution in [0.3, 0.4) is 0 Å². The summed E-state index contributed by atoms with van der Waals surface area (Å²) in [6.45, 7) is -3.91. The summed E-state index contributed by atoms with van der Waals surface area (Å²) < 4.78 is 215. The summed E-state index contributed by atoms with van der Waals surface area (Å²) in [5.41, 5.74) is 0. The van der Waals surface area contributed by atoms with E-state index in [0.717, 1.165) is 0 Å². The molecule has 0 bridgehead atoms. The van der Waals surface area contributed by atoms with E-state index >= 15 is 0 Å². The molecule has 0 aliphatic rings. The van der Waals surface area contributed by atoms with Crippen LogP contribution in [0.15, 0.2) is 0 Å². The van der Waals surface area contributed by atoms with Gasteiger partial charge in [-0.15, -0.1) is 0 Å². The molecule has 0 saturated carbocycles. The molecule has 0 N–H and O–H groups in total. The SMILES string of the molecule is FCC(F)(F)C(F)(F)C(F)(F)C(F)(F)C(F)(F)C(F)(F)C(F)(F)C(F)(F)Cl. The van der Waals surface area contributed by atoms with E-state index in [4.69, 9.17) is 0 Å². The zero-order valence-electron chi connectivity index (χ0n) is 11.5. The van der Waals surface area contributed by atoms with E-state index < -0.39 is 53.5 Å². The van der Waals surface area contributed by atoms with Crippen LogP contribution in [0.25, 0.3) is 0 Å². The molecule has 164 valence electrons. The smallest absolute Gasteiger partial charge is 0.244 e. The molecule has 0 rings (SSSR count). The summed E-state index contributed by atoms with van der Waals surface area (Å²) >= 11 is 3.32. The summed E-state index contributed by atoms with van der Waals surface area (Å²) in [7, 11) is 0. The van der Waals surface area contributed by atoms with Crippen LogP contribution in [0, 0.1) is 0 Å². The Morgan fingerprint density at radius 1 is 0.407 bits per heavy atom. The van der Waals surface area contributed by atoms with Crippen LogP contribution >= 0.6 is 11.6 Å². The largest absolute Gasteiger partial charge is 0.393 e. The van der Waals surface area contributed by atoms with Crippen molar-refractivity contribution >= 4 is 11.6 Å². The van der Waals surface area contributed by atoms with E-state index in [0.29, 0.717) is 0 Å². The quantitative estimate of drug-likeness (QED) is 0.292. The van der Waals surface area contributed by atoms with Crippen LogP contribution < -0.4 is 0 Å². The zero-order valence-corrected chi connectivity index (χ0v) is 12.3. The summed E-state index contributed by atoms with van der Waals surface area (Å²) in [6.07, 6.45) is 0. The van der Waals surface area contributed by atoms with E-state index in [1.165, 1.54) is 0 Å². The van der Waals surface area contributed by atoms with Crippen molar-refractivity contribution < 1.29 is 74.6 Å². The lowest BCUT2D eigenvalue weighted by atomic mass is 9.89. The van der Waals surface area contributed by atoms with Gasteiger partial charge in [0.05, 0.1) is 0 Å². The predicted molar refractivity (Wildman–Crippen MR) is 51.4 cm³/mol. The second-order valence-corrected chi connectivity index (χ2v) is 5.26. The number of alkyl halides is 18. The molecule has 0 nitrogen and oxygen atoms in total. The molecule has 0 fully saturated rings. The fourth-order valence-electron chi connectivity index (χ4n) is 1.28. The molecule has 18 heteroatoms. The molecule has 0 aliphatic carbocycles. The molecule has 0 atom stereocenters. The standard InChI is InChI=1S/C9H2ClF17/c10-9(26,27)8(24,25)7(22,23)6(20,21)5(18,19)4(16,17)3(14,15)2(12,13)1-11/h1H2. The summed E-state index contributed by atoms with van der Waals surface area (Å²) in [6, 6.07) is 0. The second-order valence-electron chi connectivity index (χ2n) is 4.78. The normalized spacial score (nSPS) is 16.7. The first-order chi connectivity index (χ1) is 11.3. The summed E-state index contributed by atoms with van der Waals surface area (Å²) in [5, 5.41) is -6.82. The van der Waals surface area contributed by atoms with E-state index in [-0.39, 0.29) is 0 Å². The molecule has 0 unspecified atom stereocenters. The third kappa shape index (κ3) is 3.16. The first-order valence-electron chi connectivity index (χ1n) is 5.58. The van der Waals surface area contributed by atoms with Gasteiger partial charge >= 0.3 is 46.8 Å². The van der Waals surface area contributed by atoms with Crippen molar-refractivity contribution in [2.45, 2.75) is 46.8 Å². The van der Waals surface area contributed by atoms with Crippen molar-refractivity contribution in [2.75, 3.05) is 6.67 Å². The third-order valence-electron chi connectivity index (χ3n) is 2.95. The van der Waals surface area contributed by atoms with Gasteiger partial charge in [0.15, 0.2) is 6.67 Å². The van der Waals surface area contributed by atoms with Crippen LogP contribution in [0.5, 0.6) is 0 Å². The maximum Gasteiger partial charge on any atom is 0.393 e. The highest BCUT2D eigenvalue weighted by atomic mass is 35.5. The van der Waals surface area contributed by atoms with Gasteiger partial charge in [0.2, 0.25) is 0 Å². The van der Waals surface area contributed by atoms with Crippen molar-refractivity contribution in [3.05, 3.63) is 0 Å². The Hall–Kier alpha value is -0.900. The summed E-state index contributed by atoms with van der Waals surface area (Å²) in [4.78, 5) is 0. The lowest BCUT2D eigenvalue weighted by molar-refractivity contribution is -0.449. The van der Waals surface area contributed by atoms with Gasteiger partial charge in [-0.25, -0.2) is 4.39 Å². The van der Waals surface area contributed by atoms with Gasteiger partial charge < -0.3 is 0 Å². The number of hydrogen-bond acceptors (Lipinski definition) is 0. The molecular formula is C9H2ClF17. The number of halogens is 18. The van der Waals surface area contributed by atoms with Gasteiger partial charge in [-0.05, 0) is 11.6 Å². The first-order valence-corrected chi connectivity index (χ1v) is 5.96. The van der Waals surface area contributed by atoms with Crippen molar-refractivity contribution in [3.63, 3.8) is 0 Å². The molecule has 0 radical (unpaired) electrons. The Labute approximate surface area is 141 Å². The van der Waals surface area contributed by atoms with Gasteiger partial charge in [-0.2, -0.15) is 70.2 Å². The minimum absolute atomic E-state index is 3.32. The predicted octanol–water partition coefficient (Wildman–Crippen LogP) is 6.23. The van der Waals surface area contributed by atoms with Gasteiger partial charge in [-0.3, -0.25) is 0 Å². The van der Waals surface area contributed by atoms with Gasteiger partial charge in [0.25, 0.3) is 0 Å². The topological polar surface area (TPSA) is 0 Å². The minimum atomic E-state index is -8.54. The van der Waals surface area contributed by atoms with E-state index in [1.54, 1.807) is 0 Å². The highest BCUT2D eigenvalue weighted by molar-refractivity contribution is 6.22. The van der Waals surface area contributed by atoms with Crippen molar-refractivity contribution in [3.8, 4) is 0 Å². The van der Waals surface area contributed by atoms with E-state index in [9.17, 15) is 74.6 Å². The molecule has 27 heavy (non-hydrogen) atoms. The van der Waals surface area contributed by atoms with E-state index in [1.807, 2.05) is 0 Å². The second kappa shape index (κ2) is 6.30. The highest BCUT2D eigenvalue weighted by Gasteiger charge is 2.94. The van der Waals surface area contributed by atoms with Gasteiger partial charge in [0.1, 0.15) is 0 Å². The fraction of sp³-hybridized carbons (Fsp3) is 1.00. The lowest BCUT2D eigenvalue weighted by Crippen LogP contribution is -2.74. The third-order valence-corrected chi connectivity index (χ3v) is 3.19. The Kier molecular flexibility index (Phi) is 6.09. The molecule has 0 saturated heterocycles. The average Bonchev–Trinajstić information content (AvgIpc) is 2.44. The zero-order chi connectivity index (χ0) is 22.7. The Morgan fingerprint density at radius 3 is 0.852 bits per heavy atom. The monoisotopic (exact) mass is 468 g/mol. The van der Waals surface area contributed by atoms with Gasteiger partial charge in [0, 0.05) is 0 Å². The van der Waals surface area contributed by atoms with Crippen LogP contribution in [-0.2, 0) is 0 Å². The molecular weight excluding hydrogens is 467 g/mol. The lowest BCUT2D eigenvalue weighted by Gasteiger charge is -2.42. The van der Waals surface area contributed by atoms with E-state index in [2.05, 4.69) is 11.6 Å². The van der Waals surface area contributed by atoms with Crippen LogP contribution in [0.1, 0.15) is 0 Å².